The second-order valence-electron chi connectivity index (χ2n) is 3.59. The number of aliphatic hydroxyl groups is 1. The van der Waals surface area contributed by atoms with Crippen LogP contribution in [0.1, 0.15) is 18.6 Å². The molecular weight excluding hydrogens is 208 g/mol. The minimum Gasteiger partial charge on any atom is -0.508 e. The molecule has 0 aromatic heterocycles. The van der Waals surface area contributed by atoms with Crippen LogP contribution >= 0.6 is 0 Å². The molecule has 4 nitrogen and oxygen atoms in total. The largest absolute Gasteiger partial charge is 0.508 e. The highest BCUT2D eigenvalue weighted by Crippen LogP contribution is 2.24. The summed E-state index contributed by atoms with van der Waals surface area (Å²) < 4.78 is 0. The molecule has 0 aliphatic rings. The second-order valence-corrected chi connectivity index (χ2v) is 3.59. The number of phenols is 1. The molecule has 0 amide bonds. The van der Waals surface area contributed by atoms with Crippen LogP contribution in [-0.2, 0) is 4.79 Å². The number of hydrogen-bond acceptors (Lipinski definition) is 3. The van der Waals surface area contributed by atoms with E-state index in [-0.39, 0.29) is 11.7 Å². The third-order valence-corrected chi connectivity index (χ3v) is 2.28. The van der Waals surface area contributed by atoms with Gasteiger partial charge in [0.15, 0.2) is 0 Å². The van der Waals surface area contributed by atoms with Crippen molar-refractivity contribution in [3.63, 3.8) is 0 Å². The van der Waals surface area contributed by atoms with Crippen LogP contribution in [0.3, 0.4) is 0 Å². The number of rotatable bonds is 4. The van der Waals surface area contributed by atoms with E-state index in [0.29, 0.717) is 5.56 Å². The molecule has 0 aliphatic carbocycles. The first kappa shape index (κ1) is 12.3. The van der Waals surface area contributed by atoms with Gasteiger partial charge < -0.3 is 15.3 Å². The van der Waals surface area contributed by atoms with E-state index in [0.717, 1.165) is 6.08 Å². The standard InChI is InChI=1S/C12H14O4/c1-8(2-7-11(14)15)12(16)9-3-5-10(13)6-4-9/h2-8,12-13,16H,1H3,(H,14,15)/b7-2+/t8-,12-/m0/s1. The predicted molar refractivity (Wildman–Crippen MR) is 59.0 cm³/mol. The summed E-state index contributed by atoms with van der Waals surface area (Å²) in [5, 5.41) is 27.4. The zero-order valence-corrected chi connectivity index (χ0v) is 8.87. The van der Waals surface area contributed by atoms with Gasteiger partial charge in [-0.15, -0.1) is 0 Å². The van der Waals surface area contributed by atoms with Crippen molar-refractivity contribution in [1.29, 1.82) is 0 Å². The van der Waals surface area contributed by atoms with Crippen LogP contribution in [-0.4, -0.2) is 21.3 Å². The molecule has 1 aromatic carbocycles. The molecule has 2 atom stereocenters. The minimum absolute atomic E-state index is 0.129. The lowest BCUT2D eigenvalue weighted by Gasteiger charge is -2.15. The third-order valence-electron chi connectivity index (χ3n) is 2.28. The van der Waals surface area contributed by atoms with Crippen molar-refractivity contribution in [2.24, 2.45) is 5.92 Å². The van der Waals surface area contributed by atoms with Gasteiger partial charge in [0.1, 0.15) is 5.75 Å². The highest BCUT2D eigenvalue weighted by Gasteiger charge is 2.13. The number of aliphatic hydroxyl groups excluding tert-OH is 1. The van der Waals surface area contributed by atoms with Gasteiger partial charge in [0.05, 0.1) is 6.10 Å². The zero-order chi connectivity index (χ0) is 12.1. The predicted octanol–water partition coefficient (Wildman–Crippen LogP) is 1.70. The van der Waals surface area contributed by atoms with Crippen LogP contribution in [0.25, 0.3) is 0 Å². The number of hydrogen-bond donors (Lipinski definition) is 3. The van der Waals surface area contributed by atoms with Gasteiger partial charge >= 0.3 is 5.97 Å². The van der Waals surface area contributed by atoms with Crippen LogP contribution in [0, 0.1) is 5.92 Å². The summed E-state index contributed by atoms with van der Waals surface area (Å²) in [7, 11) is 0. The Bertz CT molecular complexity index is 381. The van der Waals surface area contributed by atoms with Gasteiger partial charge in [0, 0.05) is 12.0 Å². The summed E-state index contributed by atoms with van der Waals surface area (Å²) in [5.74, 6) is -1.21. The molecule has 0 fully saturated rings. The van der Waals surface area contributed by atoms with E-state index in [4.69, 9.17) is 10.2 Å². The Hall–Kier alpha value is -1.81. The maximum atomic E-state index is 10.3. The fraction of sp³-hybridized carbons (Fsp3) is 0.250. The molecule has 1 aromatic rings. The Morgan fingerprint density at radius 1 is 1.31 bits per heavy atom. The summed E-state index contributed by atoms with van der Waals surface area (Å²) in [6.07, 6.45) is 1.66. The Morgan fingerprint density at radius 2 is 1.88 bits per heavy atom. The average Bonchev–Trinajstić information content (AvgIpc) is 2.26. The van der Waals surface area contributed by atoms with E-state index >= 15 is 0 Å². The number of aromatic hydroxyl groups is 1. The van der Waals surface area contributed by atoms with Crippen molar-refractivity contribution in [3.8, 4) is 5.75 Å². The summed E-state index contributed by atoms with van der Waals surface area (Å²) >= 11 is 0. The van der Waals surface area contributed by atoms with Gasteiger partial charge in [-0.1, -0.05) is 25.1 Å². The highest BCUT2D eigenvalue weighted by molar-refractivity contribution is 5.79. The van der Waals surface area contributed by atoms with Gasteiger partial charge in [-0.3, -0.25) is 0 Å². The van der Waals surface area contributed by atoms with Crippen molar-refractivity contribution in [1.82, 2.24) is 0 Å². The maximum Gasteiger partial charge on any atom is 0.327 e. The highest BCUT2D eigenvalue weighted by atomic mass is 16.4. The van der Waals surface area contributed by atoms with Crippen LogP contribution in [0.2, 0.25) is 0 Å². The lowest BCUT2D eigenvalue weighted by atomic mass is 9.97. The first-order valence-corrected chi connectivity index (χ1v) is 4.89. The lowest BCUT2D eigenvalue weighted by molar-refractivity contribution is -0.131. The normalized spacial score (nSPS) is 14.9. The Balaban J connectivity index is 2.73. The van der Waals surface area contributed by atoms with Crippen LogP contribution < -0.4 is 0 Å². The van der Waals surface area contributed by atoms with Crippen molar-refractivity contribution in [3.05, 3.63) is 42.0 Å². The molecule has 1 rings (SSSR count). The molecule has 0 saturated carbocycles. The molecular formula is C12H14O4. The molecule has 0 radical (unpaired) electrons. The van der Waals surface area contributed by atoms with Gasteiger partial charge in [-0.25, -0.2) is 4.79 Å². The van der Waals surface area contributed by atoms with Crippen molar-refractivity contribution >= 4 is 5.97 Å². The number of aliphatic carboxylic acids is 1. The topological polar surface area (TPSA) is 77.8 Å². The monoisotopic (exact) mass is 222 g/mol. The van der Waals surface area contributed by atoms with E-state index < -0.39 is 12.1 Å². The van der Waals surface area contributed by atoms with Crippen LogP contribution in [0.4, 0.5) is 0 Å². The molecule has 3 N–H and O–H groups in total. The number of carboxylic acids is 1. The van der Waals surface area contributed by atoms with E-state index in [1.807, 2.05) is 0 Å². The number of carboxylic acid groups (broad SMARTS) is 1. The molecule has 0 heterocycles. The van der Waals surface area contributed by atoms with Crippen molar-refractivity contribution in [2.45, 2.75) is 13.0 Å². The Labute approximate surface area is 93.5 Å². The first-order chi connectivity index (χ1) is 7.50. The smallest absolute Gasteiger partial charge is 0.327 e. The van der Waals surface area contributed by atoms with Gasteiger partial charge in [-0.05, 0) is 17.7 Å². The molecule has 0 aliphatic heterocycles. The summed E-state index contributed by atoms with van der Waals surface area (Å²) in [6, 6.07) is 6.16. The van der Waals surface area contributed by atoms with E-state index in [1.54, 1.807) is 19.1 Å². The lowest BCUT2D eigenvalue weighted by Crippen LogP contribution is -2.07. The van der Waals surface area contributed by atoms with Gasteiger partial charge in [-0.2, -0.15) is 0 Å². The molecule has 0 spiro atoms. The molecule has 0 unspecified atom stereocenters. The second kappa shape index (κ2) is 5.32. The molecule has 4 heteroatoms. The van der Waals surface area contributed by atoms with Crippen molar-refractivity contribution < 1.29 is 20.1 Å². The molecule has 86 valence electrons. The number of phenolic OH excluding ortho intramolecular Hbond substituents is 1. The van der Waals surface area contributed by atoms with E-state index in [1.165, 1.54) is 18.2 Å². The molecule has 16 heavy (non-hydrogen) atoms. The Morgan fingerprint density at radius 3 is 2.38 bits per heavy atom. The van der Waals surface area contributed by atoms with Gasteiger partial charge in [0.25, 0.3) is 0 Å². The molecule has 0 saturated heterocycles. The number of carbonyl (C=O) groups is 1. The summed E-state index contributed by atoms with van der Waals surface area (Å²) in [4.78, 5) is 10.3. The van der Waals surface area contributed by atoms with Gasteiger partial charge in [0.2, 0.25) is 0 Å². The van der Waals surface area contributed by atoms with Crippen molar-refractivity contribution in [2.75, 3.05) is 0 Å². The zero-order valence-electron chi connectivity index (χ0n) is 8.87. The fourth-order valence-electron chi connectivity index (χ4n) is 1.31. The maximum absolute atomic E-state index is 10.3. The molecule has 0 bridgehead atoms. The first-order valence-electron chi connectivity index (χ1n) is 4.89. The van der Waals surface area contributed by atoms with Crippen LogP contribution in [0.15, 0.2) is 36.4 Å². The average molecular weight is 222 g/mol. The third kappa shape index (κ3) is 3.40. The van der Waals surface area contributed by atoms with E-state index in [9.17, 15) is 9.90 Å². The fourth-order valence-corrected chi connectivity index (χ4v) is 1.31. The van der Waals surface area contributed by atoms with Crippen LogP contribution in [0.5, 0.6) is 5.75 Å². The summed E-state index contributed by atoms with van der Waals surface area (Å²) in [6.45, 7) is 1.72. The summed E-state index contributed by atoms with van der Waals surface area (Å²) in [5.41, 5.74) is 0.639. The number of benzene rings is 1. The SMILES string of the molecule is C[C@@H](/C=C/C(=O)O)[C@H](O)c1ccc(O)cc1. The quantitative estimate of drug-likeness (QED) is 0.677. The Kier molecular flexibility index (Phi) is 4.08. The minimum atomic E-state index is -1.04. The van der Waals surface area contributed by atoms with E-state index in [2.05, 4.69) is 0 Å².